The van der Waals surface area contributed by atoms with Gasteiger partial charge >= 0.3 is 0 Å². The topological polar surface area (TPSA) is 134 Å². The summed E-state index contributed by atoms with van der Waals surface area (Å²) in [6, 6.07) is 7.15. The van der Waals surface area contributed by atoms with Crippen molar-refractivity contribution in [1.29, 1.82) is 0 Å². The average molecular weight is 519 g/mol. The van der Waals surface area contributed by atoms with Crippen LogP contribution in [0.5, 0.6) is 0 Å². The number of halogens is 1. The van der Waals surface area contributed by atoms with Crippen LogP contribution in [0.3, 0.4) is 0 Å². The average Bonchev–Trinajstić information content (AvgIpc) is 3.66. The number of thiazole rings is 1. The lowest BCUT2D eigenvalue weighted by molar-refractivity contribution is -0.0486. The van der Waals surface area contributed by atoms with Crippen molar-refractivity contribution in [3.8, 4) is 22.9 Å². The van der Waals surface area contributed by atoms with E-state index in [2.05, 4.69) is 30.5 Å². The van der Waals surface area contributed by atoms with E-state index in [1.54, 1.807) is 49.0 Å². The van der Waals surface area contributed by atoms with Gasteiger partial charge in [0.05, 0.1) is 29.4 Å². The van der Waals surface area contributed by atoms with Crippen LogP contribution in [0.15, 0.2) is 54.4 Å². The van der Waals surface area contributed by atoms with E-state index in [0.29, 0.717) is 51.8 Å². The van der Waals surface area contributed by atoms with Crippen LogP contribution < -0.4 is 5.32 Å². The van der Waals surface area contributed by atoms with Gasteiger partial charge in [-0.3, -0.25) is 14.9 Å². The van der Waals surface area contributed by atoms with Gasteiger partial charge < -0.3 is 15.0 Å². The minimum absolute atomic E-state index is 0.310. The number of pyridine rings is 1. The number of carbonyl (C=O) groups excluding carboxylic acids is 1. The second kappa shape index (κ2) is 9.12. The normalized spacial score (nSPS) is 21.8. The number of hydrogen-bond acceptors (Lipinski definition) is 8. The molecular formula is C25H23FN8O2S. The highest BCUT2D eigenvalue weighted by Crippen LogP contribution is 2.42. The largest absolute Gasteiger partial charge is 0.386 e. The molecule has 3 N–H and O–H groups in total. The molecule has 3 unspecified atom stereocenters. The number of nitrogens with one attached hydrogen (secondary N) is 2. The Balaban J connectivity index is 1.49. The molecule has 0 bridgehead atoms. The second-order valence-corrected chi connectivity index (χ2v) is 10.1. The molecule has 1 aliphatic rings. The smallest absolute Gasteiger partial charge is 0.280 e. The fraction of sp³-hybridized carbons (Fsp3) is 0.280. The summed E-state index contributed by atoms with van der Waals surface area (Å²) < 4.78 is 16.9. The van der Waals surface area contributed by atoms with Crippen molar-refractivity contribution in [3.05, 3.63) is 65.3 Å². The molecule has 10 nitrogen and oxygen atoms in total. The first-order valence-electron chi connectivity index (χ1n) is 11.8. The number of imidazole rings is 1. The molecule has 1 aromatic carbocycles. The highest BCUT2D eigenvalue weighted by molar-refractivity contribution is 7.11. The second-order valence-electron chi connectivity index (χ2n) is 9.21. The number of carbonyl (C=O) groups is 1. The van der Waals surface area contributed by atoms with Gasteiger partial charge in [-0.15, -0.1) is 11.3 Å². The van der Waals surface area contributed by atoms with Gasteiger partial charge in [-0.25, -0.2) is 19.3 Å². The van der Waals surface area contributed by atoms with Crippen molar-refractivity contribution in [3.63, 3.8) is 0 Å². The van der Waals surface area contributed by atoms with Crippen LogP contribution in [0.1, 0.15) is 42.0 Å². The fourth-order valence-corrected chi connectivity index (χ4v) is 5.64. The molecule has 6 rings (SSSR count). The van der Waals surface area contributed by atoms with Gasteiger partial charge in [-0.1, -0.05) is 12.1 Å². The molecule has 1 fully saturated rings. The molecule has 3 atom stereocenters. The minimum atomic E-state index is -1.38. The number of aromatic amines is 1. The van der Waals surface area contributed by atoms with Crippen LogP contribution in [0.4, 0.5) is 4.39 Å². The summed E-state index contributed by atoms with van der Waals surface area (Å²) in [5, 5.41) is 23.7. The summed E-state index contributed by atoms with van der Waals surface area (Å²) in [5.41, 5.74) is 0.678. The molecule has 4 aromatic heterocycles. The fourth-order valence-electron chi connectivity index (χ4n) is 5.10. The lowest BCUT2D eigenvalue weighted by atomic mass is 9.77. The lowest BCUT2D eigenvalue weighted by Gasteiger charge is -2.44. The standard InChI is InChI=1S/C25H23FN8O2S/c1-25(36)19(32-23(35)24-27-9-10-37-24)7-4-8-20(25)34-18-11-16(21-29-13-30-33-21)28-12-17(18)31-22(34)14-5-2-3-6-15(14)26/h2-3,5-6,9-13,19-20,36H,4,7-8H2,1H3,(H,32,35)(H,29,30,33). The molecule has 0 saturated heterocycles. The third-order valence-corrected chi connectivity index (χ3v) is 7.71. The zero-order valence-corrected chi connectivity index (χ0v) is 20.6. The Labute approximate surface area is 214 Å². The van der Waals surface area contributed by atoms with Crippen molar-refractivity contribution in [1.82, 2.24) is 40.0 Å². The first kappa shape index (κ1) is 23.4. The Bertz CT molecular complexity index is 1570. The van der Waals surface area contributed by atoms with Crippen molar-refractivity contribution in [2.75, 3.05) is 0 Å². The van der Waals surface area contributed by atoms with Gasteiger partial charge in [0, 0.05) is 11.6 Å². The molecule has 1 saturated carbocycles. The van der Waals surface area contributed by atoms with Gasteiger partial charge in [-0.05, 0) is 44.4 Å². The van der Waals surface area contributed by atoms with Crippen LogP contribution in [0.2, 0.25) is 0 Å². The highest BCUT2D eigenvalue weighted by atomic mass is 32.1. The molecule has 0 spiro atoms. The summed E-state index contributed by atoms with van der Waals surface area (Å²) in [4.78, 5) is 30.3. The van der Waals surface area contributed by atoms with Crippen LogP contribution >= 0.6 is 11.3 Å². The van der Waals surface area contributed by atoms with E-state index in [4.69, 9.17) is 4.98 Å². The molecule has 37 heavy (non-hydrogen) atoms. The third-order valence-electron chi connectivity index (χ3n) is 6.94. The highest BCUT2D eigenvalue weighted by Gasteiger charge is 2.46. The van der Waals surface area contributed by atoms with Crippen LogP contribution in [-0.2, 0) is 0 Å². The molecule has 5 aromatic rings. The van der Waals surface area contributed by atoms with Gasteiger partial charge in [-0.2, -0.15) is 5.10 Å². The Kier molecular flexibility index (Phi) is 5.76. The van der Waals surface area contributed by atoms with Crippen LogP contribution in [0.25, 0.3) is 33.9 Å². The molecule has 0 aliphatic heterocycles. The van der Waals surface area contributed by atoms with Gasteiger partial charge in [0.1, 0.15) is 34.8 Å². The van der Waals surface area contributed by atoms with Crippen LogP contribution in [-0.4, -0.2) is 57.4 Å². The number of aromatic nitrogens is 7. The van der Waals surface area contributed by atoms with E-state index in [9.17, 15) is 9.90 Å². The minimum Gasteiger partial charge on any atom is -0.386 e. The summed E-state index contributed by atoms with van der Waals surface area (Å²) in [7, 11) is 0. The van der Waals surface area contributed by atoms with Crippen molar-refractivity contribution >= 4 is 28.3 Å². The SMILES string of the molecule is CC1(O)C(NC(=O)c2nccs2)CCCC1n1c(-c2ccccc2F)nc2cnc(-c3ncn[nH]3)cc21. The maximum Gasteiger partial charge on any atom is 0.280 e. The Morgan fingerprint density at radius 3 is 2.89 bits per heavy atom. The van der Waals surface area contributed by atoms with E-state index in [-0.39, 0.29) is 5.91 Å². The zero-order valence-electron chi connectivity index (χ0n) is 19.8. The number of benzene rings is 1. The number of aliphatic hydroxyl groups is 1. The number of nitrogens with zero attached hydrogens (tertiary/aromatic N) is 6. The number of rotatable bonds is 5. The van der Waals surface area contributed by atoms with E-state index < -0.39 is 23.5 Å². The Morgan fingerprint density at radius 1 is 1.27 bits per heavy atom. The monoisotopic (exact) mass is 518 g/mol. The van der Waals surface area contributed by atoms with E-state index in [1.807, 2.05) is 4.57 Å². The predicted octanol–water partition coefficient (Wildman–Crippen LogP) is 3.75. The van der Waals surface area contributed by atoms with Gasteiger partial charge in [0.25, 0.3) is 5.91 Å². The van der Waals surface area contributed by atoms with Crippen molar-refractivity contribution in [2.24, 2.45) is 0 Å². The predicted molar refractivity (Wildman–Crippen MR) is 135 cm³/mol. The quantitative estimate of drug-likeness (QED) is 0.323. The molecule has 188 valence electrons. The van der Waals surface area contributed by atoms with Crippen LogP contribution in [0, 0.1) is 5.82 Å². The number of hydrogen-bond donors (Lipinski definition) is 3. The zero-order chi connectivity index (χ0) is 25.6. The molecule has 1 amide bonds. The lowest BCUT2D eigenvalue weighted by Crippen LogP contribution is -2.57. The molecule has 4 heterocycles. The van der Waals surface area contributed by atoms with Gasteiger partial charge in [0.15, 0.2) is 10.8 Å². The first-order chi connectivity index (χ1) is 17.9. The molecular weight excluding hydrogens is 495 g/mol. The van der Waals surface area contributed by atoms with E-state index in [0.717, 1.165) is 6.42 Å². The summed E-state index contributed by atoms with van der Waals surface area (Å²) in [6.07, 6.45) is 6.49. The Hall–Kier alpha value is -4.03. The maximum absolute atomic E-state index is 15.0. The first-order valence-corrected chi connectivity index (χ1v) is 12.7. The van der Waals surface area contributed by atoms with E-state index in [1.165, 1.54) is 23.7 Å². The summed E-state index contributed by atoms with van der Waals surface area (Å²) in [6.45, 7) is 1.71. The number of amides is 1. The van der Waals surface area contributed by atoms with Gasteiger partial charge in [0.2, 0.25) is 0 Å². The molecule has 0 radical (unpaired) electrons. The molecule has 1 aliphatic carbocycles. The number of fused-ring (bicyclic) bond motifs is 1. The van der Waals surface area contributed by atoms with E-state index >= 15 is 4.39 Å². The summed E-state index contributed by atoms with van der Waals surface area (Å²) >= 11 is 1.24. The third kappa shape index (κ3) is 4.07. The number of H-pyrrole nitrogens is 1. The van der Waals surface area contributed by atoms with Crippen molar-refractivity contribution < 1.29 is 14.3 Å². The Morgan fingerprint density at radius 2 is 2.14 bits per heavy atom. The maximum atomic E-state index is 15.0. The molecule has 12 heteroatoms. The summed E-state index contributed by atoms with van der Waals surface area (Å²) in [5.74, 6) is 0.0990. The van der Waals surface area contributed by atoms with Crippen molar-refractivity contribution in [2.45, 2.75) is 43.9 Å².